The van der Waals surface area contributed by atoms with Gasteiger partial charge >= 0.3 is 0 Å². The number of benzene rings is 1. The van der Waals surface area contributed by atoms with E-state index in [9.17, 15) is 0 Å². The van der Waals surface area contributed by atoms with Crippen molar-refractivity contribution in [3.05, 3.63) is 47.2 Å². The number of rotatable bonds is 2. The zero-order valence-electron chi connectivity index (χ0n) is 11.6. The molecule has 0 spiro atoms. The van der Waals surface area contributed by atoms with Gasteiger partial charge in [0, 0.05) is 11.5 Å². The van der Waals surface area contributed by atoms with E-state index >= 15 is 0 Å². The summed E-state index contributed by atoms with van der Waals surface area (Å²) in [5.41, 5.74) is 3.52. The number of halogens is 1. The smallest absolute Gasteiger partial charge is 0.179 e. The molecule has 1 fully saturated rings. The van der Waals surface area contributed by atoms with Crippen molar-refractivity contribution in [2.75, 3.05) is 0 Å². The largest absolute Gasteiger partial charge is 0.339 e. The van der Waals surface area contributed by atoms with Crippen LogP contribution in [0.1, 0.15) is 37.4 Å². The van der Waals surface area contributed by atoms with Crippen LogP contribution in [0.15, 0.2) is 36.4 Å². The highest BCUT2D eigenvalue weighted by molar-refractivity contribution is 6.35. The Kier molecular flexibility index (Phi) is 3.15. The van der Waals surface area contributed by atoms with E-state index in [0.717, 1.165) is 28.2 Å². The standard InChI is InChI=1S/C17H16ClN3/c18-13-10-14(11-6-2-1-3-7-11)19-17-15(13)20-16(21-17)12-8-4-5-9-12/h1-3,6-7,10,12H,4-5,8-9H2,(H,19,20,21). The number of aromatic amines is 1. The monoisotopic (exact) mass is 297 g/mol. The molecule has 1 aromatic carbocycles. The summed E-state index contributed by atoms with van der Waals surface area (Å²) in [6, 6.07) is 12.0. The molecule has 21 heavy (non-hydrogen) atoms. The van der Waals surface area contributed by atoms with E-state index in [1.54, 1.807) is 0 Å². The van der Waals surface area contributed by atoms with Crippen LogP contribution >= 0.6 is 11.6 Å². The molecule has 1 aliphatic rings. The summed E-state index contributed by atoms with van der Waals surface area (Å²) >= 11 is 6.42. The van der Waals surface area contributed by atoms with Gasteiger partial charge in [0.05, 0.1) is 10.7 Å². The molecule has 0 amide bonds. The summed E-state index contributed by atoms with van der Waals surface area (Å²) in [6.07, 6.45) is 5.00. The maximum Gasteiger partial charge on any atom is 0.179 e. The van der Waals surface area contributed by atoms with Crippen LogP contribution < -0.4 is 0 Å². The van der Waals surface area contributed by atoms with Crippen molar-refractivity contribution in [2.45, 2.75) is 31.6 Å². The van der Waals surface area contributed by atoms with E-state index in [2.05, 4.69) is 9.97 Å². The molecule has 1 aliphatic carbocycles. The topological polar surface area (TPSA) is 41.6 Å². The summed E-state index contributed by atoms with van der Waals surface area (Å²) in [5, 5.41) is 0.690. The second-order valence-electron chi connectivity index (χ2n) is 5.66. The van der Waals surface area contributed by atoms with Gasteiger partial charge in [0.2, 0.25) is 0 Å². The normalized spacial score (nSPS) is 15.9. The Labute approximate surface area is 128 Å². The predicted molar refractivity (Wildman–Crippen MR) is 85.5 cm³/mol. The molecule has 0 aliphatic heterocycles. The molecule has 2 heterocycles. The van der Waals surface area contributed by atoms with E-state index in [4.69, 9.17) is 16.6 Å². The van der Waals surface area contributed by atoms with Crippen molar-refractivity contribution in [1.29, 1.82) is 0 Å². The van der Waals surface area contributed by atoms with Gasteiger partial charge in [0.25, 0.3) is 0 Å². The lowest BCUT2D eigenvalue weighted by Gasteiger charge is -2.02. The molecular weight excluding hydrogens is 282 g/mol. The maximum absolute atomic E-state index is 6.42. The van der Waals surface area contributed by atoms with Crippen molar-refractivity contribution in [3.8, 4) is 11.3 Å². The van der Waals surface area contributed by atoms with Gasteiger partial charge in [-0.25, -0.2) is 9.97 Å². The Morgan fingerprint density at radius 2 is 1.81 bits per heavy atom. The molecule has 1 N–H and O–H groups in total. The third kappa shape index (κ3) is 2.32. The third-order valence-corrected chi connectivity index (χ3v) is 4.54. The van der Waals surface area contributed by atoms with Gasteiger partial charge in [-0.05, 0) is 18.9 Å². The average Bonchev–Trinajstić information content (AvgIpc) is 3.17. The number of imidazole rings is 1. The Morgan fingerprint density at radius 3 is 2.57 bits per heavy atom. The highest BCUT2D eigenvalue weighted by Gasteiger charge is 2.21. The molecule has 0 radical (unpaired) electrons. The number of aromatic nitrogens is 3. The van der Waals surface area contributed by atoms with E-state index in [1.165, 1.54) is 25.7 Å². The summed E-state index contributed by atoms with van der Waals surface area (Å²) in [7, 11) is 0. The minimum absolute atomic E-state index is 0.537. The number of nitrogens with one attached hydrogen (secondary N) is 1. The van der Waals surface area contributed by atoms with Gasteiger partial charge in [0.1, 0.15) is 11.3 Å². The quantitative estimate of drug-likeness (QED) is 0.728. The minimum atomic E-state index is 0.537. The third-order valence-electron chi connectivity index (χ3n) is 4.24. The van der Waals surface area contributed by atoms with Gasteiger partial charge in [-0.3, -0.25) is 0 Å². The molecule has 4 heteroatoms. The maximum atomic E-state index is 6.42. The van der Waals surface area contributed by atoms with E-state index < -0.39 is 0 Å². The second kappa shape index (κ2) is 5.15. The van der Waals surface area contributed by atoms with Crippen LogP contribution in [0.3, 0.4) is 0 Å². The first-order chi connectivity index (χ1) is 10.3. The first-order valence-electron chi connectivity index (χ1n) is 7.43. The number of hydrogen-bond acceptors (Lipinski definition) is 2. The van der Waals surface area contributed by atoms with Crippen molar-refractivity contribution < 1.29 is 0 Å². The lowest BCUT2D eigenvalue weighted by atomic mass is 10.1. The lowest BCUT2D eigenvalue weighted by molar-refractivity contribution is 0.681. The molecule has 106 valence electrons. The Balaban J connectivity index is 1.82. The molecule has 4 rings (SSSR count). The van der Waals surface area contributed by atoms with Crippen LogP contribution in [0.5, 0.6) is 0 Å². The van der Waals surface area contributed by atoms with E-state index in [0.29, 0.717) is 10.9 Å². The van der Waals surface area contributed by atoms with Crippen LogP contribution in [0.25, 0.3) is 22.4 Å². The fourth-order valence-corrected chi connectivity index (χ4v) is 3.35. The second-order valence-corrected chi connectivity index (χ2v) is 6.06. The predicted octanol–water partition coefficient (Wildman–Crippen LogP) is 4.94. The fraction of sp³-hybridized carbons (Fsp3) is 0.294. The zero-order chi connectivity index (χ0) is 14.2. The molecule has 1 saturated carbocycles. The summed E-state index contributed by atoms with van der Waals surface area (Å²) in [6.45, 7) is 0. The number of fused-ring (bicyclic) bond motifs is 1. The Morgan fingerprint density at radius 1 is 1.05 bits per heavy atom. The number of H-pyrrole nitrogens is 1. The number of hydrogen-bond donors (Lipinski definition) is 1. The van der Waals surface area contributed by atoms with Gasteiger partial charge in [0.15, 0.2) is 5.65 Å². The SMILES string of the molecule is Clc1cc(-c2ccccc2)nc2nc(C3CCCC3)[nH]c12. The van der Waals surface area contributed by atoms with Crippen molar-refractivity contribution in [1.82, 2.24) is 15.0 Å². The highest BCUT2D eigenvalue weighted by atomic mass is 35.5. The molecule has 0 atom stereocenters. The molecule has 3 nitrogen and oxygen atoms in total. The van der Waals surface area contributed by atoms with Gasteiger partial charge in [-0.15, -0.1) is 0 Å². The molecular formula is C17H16ClN3. The first kappa shape index (κ1) is 12.8. The molecule has 0 saturated heterocycles. The van der Waals surface area contributed by atoms with Gasteiger partial charge in [-0.2, -0.15) is 0 Å². The van der Waals surface area contributed by atoms with Gasteiger partial charge in [-0.1, -0.05) is 54.8 Å². The zero-order valence-corrected chi connectivity index (χ0v) is 12.4. The number of nitrogens with zero attached hydrogens (tertiary/aromatic N) is 2. The lowest BCUT2D eigenvalue weighted by Crippen LogP contribution is -1.94. The fourth-order valence-electron chi connectivity index (χ4n) is 3.12. The molecule has 0 bridgehead atoms. The van der Waals surface area contributed by atoms with Crippen LogP contribution in [0, 0.1) is 0 Å². The molecule has 2 aromatic heterocycles. The summed E-state index contributed by atoms with van der Waals surface area (Å²) in [5.74, 6) is 1.58. The Bertz CT molecular complexity index is 773. The molecule has 3 aromatic rings. The summed E-state index contributed by atoms with van der Waals surface area (Å²) < 4.78 is 0. The van der Waals surface area contributed by atoms with Crippen molar-refractivity contribution >= 4 is 22.8 Å². The first-order valence-corrected chi connectivity index (χ1v) is 7.80. The van der Waals surface area contributed by atoms with E-state index in [1.807, 2.05) is 36.4 Å². The summed E-state index contributed by atoms with van der Waals surface area (Å²) in [4.78, 5) is 12.7. The van der Waals surface area contributed by atoms with Crippen LogP contribution in [-0.4, -0.2) is 15.0 Å². The minimum Gasteiger partial charge on any atom is -0.339 e. The van der Waals surface area contributed by atoms with E-state index in [-0.39, 0.29) is 0 Å². The number of pyridine rings is 1. The van der Waals surface area contributed by atoms with Crippen molar-refractivity contribution in [2.24, 2.45) is 0 Å². The average molecular weight is 298 g/mol. The van der Waals surface area contributed by atoms with Crippen LogP contribution in [0.4, 0.5) is 0 Å². The van der Waals surface area contributed by atoms with Gasteiger partial charge < -0.3 is 4.98 Å². The van der Waals surface area contributed by atoms with Crippen LogP contribution in [-0.2, 0) is 0 Å². The van der Waals surface area contributed by atoms with Crippen LogP contribution in [0.2, 0.25) is 5.02 Å². The van der Waals surface area contributed by atoms with Crippen molar-refractivity contribution in [3.63, 3.8) is 0 Å². The molecule has 0 unspecified atom stereocenters. The highest BCUT2D eigenvalue weighted by Crippen LogP contribution is 2.35. The Hall–Kier alpha value is -1.87.